The van der Waals surface area contributed by atoms with Crippen LogP contribution >= 0.6 is 0 Å². The third-order valence-electron chi connectivity index (χ3n) is 2.97. The van der Waals surface area contributed by atoms with Crippen LogP contribution in [0.3, 0.4) is 0 Å². The smallest absolute Gasteiger partial charge is 0.0383 e. The predicted molar refractivity (Wildman–Crippen MR) is 39.3 cm³/mol. The van der Waals surface area contributed by atoms with E-state index in [9.17, 15) is 0 Å². The molecular weight excluding hydrogens is 108 g/mol. The van der Waals surface area contributed by atoms with Gasteiger partial charge in [0.2, 0.25) is 0 Å². The van der Waals surface area contributed by atoms with E-state index in [0.717, 1.165) is 0 Å². The summed E-state index contributed by atoms with van der Waals surface area (Å²) < 4.78 is 0. The van der Waals surface area contributed by atoms with Crippen LogP contribution in [0.25, 0.3) is 0 Å². The van der Waals surface area contributed by atoms with E-state index in [1.807, 2.05) is 0 Å². The Balaban J connectivity index is 1.81. The van der Waals surface area contributed by atoms with Crippen LogP contribution in [0.2, 0.25) is 0 Å². The summed E-state index contributed by atoms with van der Waals surface area (Å²) in [6.45, 7) is 0. The SMILES string of the molecule is C1CCCC2CC2CC1. The Kier molecular flexibility index (Phi) is 1.48. The first-order valence-electron chi connectivity index (χ1n) is 4.47. The standard InChI is InChI=1S/C9H16/c1-2-4-6-9-7-8(9)5-3-1/h8-9H,1-7H2. The molecule has 52 valence electrons. The van der Waals surface area contributed by atoms with Crippen molar-refractivity contribution in [3.63, 3.8) is 0 Å². The first-order chi connectivity index (χ1) is 4.47. The van der Waals surface area contributed by atoms with Crippen LogP contribution < -0.4 is 0 Å². The summed E-state index contributed by atoms with van der Waals surface area (Å²) in [6, 6.07) is 0. The highest BCUT2D eigenvalue weighted by atomic mass is 14.4. The second kappa shape index (κ2) is 2.32. The van der Waals surface area contributed by atoms with E-state index in [4.69, 9.17) is 0 Å². The average Bonchev–Trinajstić information content (AvgIpc) is 2.46. The van der Waals surface area contributed by atoms with Gasteiger partial charge in [0, 0.05) is 0 Å². The Morgan fingerprint density at radius 3 is 1.78 bits per heavy atom. The van der Waals surface area contributed by atoms with Gasteiger partial charge in [0.15, 0.2) is 0 Å². The van der Waals surface area contributed by atoms with Gasteiger partial charge < -0.3 is 0 Å². The van der Waals surface area contributed by atoms with Gasteiger partial charge in [-0.25, -0.2) is 0 Å². The van der Waals surface area contributed by atoms with Crippen molar-refractivity contribution in [3.05, 3.63) is 0 Å². The zero-order chi connectivity index (χ0) is 6.10. The molecule has 2 rings (SSSR count). The minimum absolute atomic E-state index is 1.19. The van der Waals surface area contributed by atoms with Crippen molar-refractivity contribution in [3.8, 4) is 0 Å². The molecule has 0 bridgehead atoms. The van der Waals surface area contributed by atoms with Gasteiger partial charge in [0.05, 0.1) is 0 Å². The van der Waals surface area contributed by atoms with Gasteiger partial charge >= 0.3 is 0 Å². The zero-order valence-electron chi connectivity index (χ0n) is 6.10. The van der Waals surface area contributed by atoms with Crippen LogP contribution in [0, 0.1) is 11.8 Å². The minimum atomic E-state index is 1.19. The normalized spacial score (nSPS) is 42.7. The summed E-state index contributed by atoms with van der Waals surface area (Å²) in [5.41, 5.74) is 0. The molecule has 2 saturated carbocycles. The van der Waals surface area contributed by atoms with Crippen LogP contribution in [0.4, 0.5) is 0 Å². The second-order valence-electron chi connectivity index (χ2n) is 3.75. The second-order valence-corrected chi connectivity index (χ2v) is 3.75. The molecule has 2 fully saturated rings. The Morgan fingerprint density at radius 1 is 0.667 bits per heavy atom. The van der Waals surface area contributed by atoms with Gasteiger partial charge in [0.25, 0.3) is 0 Å². The fourth-order valence-corrected chi connectivity index (χ4v) is 2.18. The molecule has 0 heterocycles. The molecule has 0 aromatic carbocycles. The molecule has 0 aromatic heterocycles. The molecule has 0 N–H and O–H groups in total. The molecule has 0 heteroatoms. The average molecular weight is 124 g/mol. The van der Waals surface area contributed by atoms with E-state index in [1.165, 1.54) is 37.5 Å². The molecule has 2 atom stereocenters. The van der Waals surface area contributed by atoms with E-state index in [0.29, 0.717) is 0 Å². The quantitative estimate of drug-likeness (QED) is 0.465. The maximum Gasteiger partial charge on any atom is -0.0383 e. The lowest BCUT2D eigenvalue weighted by Crippen LogP contribution is -1.90. The Labute approximate surface area is 57.6 Å². The fraction of sp³-hybridized carbons (Fsp3) is 1.00. The van der Waals surface area contributed by atoms with Crippen molar-refractivity contribution in [2.45, 2.75) is 44.9 Å². The van der Waals surface area contributed by atoms with Gasteiger partial charge in [-0.1, -0.05) is 38.5 Å². The summed E-state index contributed by atoms with van der Waals surface area (Å²) in [7, 11) is 0. The molecule has 2 aliphatic rings. The maximum absolute atomic E-state index is 1.58. The predicted octanol–water partition coefficient (Wildman–Crippen LogP) is 2.98. The largest absolute Gasteiger partial charge is 0.0533 e. The molecular formula is C9H16. The Morgan fingerprint density at radius 2 is 1.22 bits per heavy atom. The lowest BCUT2D eigenvalue weighted by molar-refractivity contribution is 0.485. The topological polar surface area (TPSA) is 0 Å². The van der Waals surface area contributed by atoms with Crippen LogP contribution in [0.15, 0.2) is 0 Å². The summed E-state index contributed by atoms with van der Waals surface area (Å²) in [5, 5.41) is 0. The third kappa shape index (κ3) is 1.28. The molecule has 0 aliphatic heterocycles. The molecule has 9 heavy (non-hydrogen) atoms. The Hall–Kier alpha value is 0. The lowest BCUT2D eigenvalue weighted by Gasteiger charge is -2.05. The van der Waals surface area contributed by atoms with E-state index in [1.54, 1.807) is 19.3 Å². The van der Waals surface area contributed by atoms with Gasteiger partial charge in [-0.2, -0.15) is 0 Å². The highest BCUT2D eigenvalue weighted by Crippen LogP contribution is 2.46. The van der Waals surface area contributed by atoms with Crippen LogP contribution in [-0.2, 0) is 0 Å². The lowest BCUT2D eigenvalue weighted by atomic mass is 10.0. The summed E-state index contributed by atoms with van der Waals surface area (Å²) in [6.07, 6.45) is 10.8. The van der Waals surface area contributed by atoms with E-state index >= 15 is 0 Å². The Bertz CT molecular complexity index is 84.2. The molecule has 0 amide bonds. The van der Waals surface area contributed by atoms with Gasteiger partial charge in [0.1, 0.15) is 0 Å². The molecule has 2 aliphatic carbocycles. The first kappa shape index (κ1) is 5.76. The van der Waals surface area contributed by atoms with Crippen molar-refractivity contribution in [1.29, 1.82) is 0 Å². The molecule has 0 saturated heterocycles. The van der Waals surface area contributed by atoms with Gasteiger partial charge in [-0.05, 0) is 18.3 Å². The maximum atomic E-state index is 1.58. The number of hydrogen-bond donors (Lipinski definition) is 0. The summed E-state index contributed by atoms with van der Waals surface area (Å²) in [5.74, 6) is 2.37. The minimum Gasteiger partial charge on any atom is -0.0533 e. The molecule has 0 radical (unpaired) electrons. The van der Waals surface area contributed by atoms with Crippen molar-refractivity contribution >= 4 is 0 Å². The van der Waals surface area contributed by atoms with E-state index < -0.39 is 0 Å². The monoisotopic (exact) mass is 124 g/mol. The van der Waals surface area contributed by atoms with Gasteiger partial charge in [-0.3, -0.25) is 0 Å². The van der Waals surface area contributed by atoms with Crippen molar-refractivity contribution in [2.75, 3.05) is 0 Å². The number of hydrogen-bond acceptors (Lipinski definition) is 0. The third-order valence-corrected chi connectivity index (χ3v) is 2.97. The molecule has 0 nitrogen and oxygen atoms in total. The zero-order valence-corrected chi connectivity index (χ0v) is 6.10. The molecule has 0 aromatic rings. The summed E-state index contributed by atoms with van der Waals surface area (Å²) in [4.78, 5) is 0. The van der Waals surface area contributed by atoms with E-state index in [-0.39, 0.29) is 0 Å². The molecule has 2 unspecified atom stereocenters. The van der Waals surface area contributed by atoms with Crippen molar-refractivity contribution in [1.82, 2.24) is 0 Å². The van der Waals surface area contributed by atoms with Crippen LogP contribution in [0.1, 0.15) is 44.9 Å². The summed E-state index contributed by atoms with van der Waals surface area (Å²) >= 11 is 0. The highest BCUT2D eigenvalue weighted by Gasteiger charge is 2.35. The first-order valence-corrected chi connectivity index (χ1v) is 4.47. The van der Waals surface area contributed by atoms with Crippen LogP contribution in [-0.4, -0.2) is 0 Å². The van der Waals surface area contributed by atoms with Gasteiger partial charge in [-0.15, -0.1) is 0 Å². The van der Waals surface area contributed by atoms with Crippen molar-refractivity contribution < 1.29 is 0 Å². The van der Waals surface area contributed by atoms with Crippen molar-refractivity contribution in [2.24, 2.45) is 11.8 Å². The number of fused-ring (bicyclic) bond motifs is 1. The number of rotatable bonds is 0. The highest BCUT2D eigenvalue weighted by molar-refractivity contribution is 4.86. The van der Waals surface area contributed by atoms with Crippen LogP contribution in [0.5, 0.6) is 0 Å². The fourth-order valence-electron chi connectivity index (χ4n) is 2.18. The molecule has 0 spiro atoms. The van der Waals surface area contributed by atoms with E-state index in [2.05, 4.69) is 0 Å².